The van der Waals surface area contributed by atoms with Crippen molar-refractivity contribution in [2.75, 3.05) is 13.2 Å². The molecule has 94 valence electrons. The third-order valence-corrected chi connectivity index (χ3v) is 2.14. The van der Waals surface area contributed by atoms with Crippen LogP contribution in [-0.4, -0.2) is 47.3 Å². The van der Waals surface area contributed by atoms with Gasteiger partial charge in [-0.15, -0.1) is 0 Å². The molecule has 0 aromatic rings. The van der Waals surface area contributed by atoms with E-state index in [0.717, 1.165) is 6.42 Å². The van der Waals surface area contributed by atoms with Gasteiger partial charge in [0.2, 0.25) is 5.91 Å². The second-order valence-corrected chi connectivity index (χ2v) is 3.77. The highest BCUT2D eigenvalue weighted by atomic mass is 16.4. The van der Waals surface area contributed by atoms with E-state index >= 15 is 0 Å². The fourth-order valence-corrected chi connectivity index (χ4v) is 1.26. The monoisotopic (exact) mass is 232 g/mol. The van der Waals surface area contributed by atoms with E-state index in [1.807, 2.05) is 6.92 Å². The highest BCUT2D eigenvalue weighted by molar-refractivity contribution is 5.82. The van der Waals surface area contributed by atoms with Crippen LogP contribution in [0.4, 0.5) is 0 Å². The van der Waals surface area contributed by atoms with Crippen molar-refractivity contribution < 1.29 is 19.8 Å². The summed E-state index contributed by atoms with van der Waals surface area (Å²) in [6, 6.07) is -0.795. The molecule has 0 bridgehead atoms. The van der Waals surface area contributed by atoms with Crippen LogP contribution in [0.1, 0.15) is 26.7 Å². The van der Waals surface area contributed by atoms with Gasteiger partial charge in [0, 0.05) is 26.1 Å². The predicted molar refractivity (Wildman–Crippen MR) is 59.0 cm³/mol. The van der Waals surface area contributed by atoms with Crippen LogP contribution in [-0.2, 0) is 9.59 Å². The molecule has 1 amide bonds. The lowest BCUT2D eigenvalue weighted by molar-refractivity contribution is -0.141. The van der Waals surface area contributed by atoms with E-state index in [9.17, 15) is 9.59 Å². The first-order valence-corrected chi connectivity index (χ1v) is 5.31. The van der Waals surface area contributed by atoms with Crippen molar-refractivity contribution >= 4 is 11.9 Å². The number of rotatable bonds is 8. The Labute approximate surface area is 95.0 Å². The molecule has 0 saturated heterocycles. The van der Waals surface area contributed by atoms with Gasteiger partial charge in [0.1, 0.15) is 6.04 Å². The number of carbonyl (C=O) groups is 2. The minimum absolute atomic E-state index is 0.114. The summed E-state index contributed by atoms with van der Waals surface area (Å²) < 4.78 is 0. The molecule has 0 aliphatic heterocycles. The average Bonchev–Trinajstić information content (AvgIpc) is 2.20. The first-order valence-electron chi connectivity index (χ1n) is 5.31. The summed E-state index contributed by atoms with van der Waals surface area (Å²) in [4.78, 5) is 21.5. The normalized spacial score (nSPS) is 14.2. The Hall–Kier alpha value is -1.14. The molecular weight excluding hydrogens is 212 g/mol. The Kier molecular flexibility index (Phi) is 7.49. The zero-order valence-electron chi connectivity index (χ0n) is 9.69. The van der Waals surface area contributed by atoms with E-state index in [0.29, 0.717) is 6.42 Å². The summed E-state index contributed by atoms with van der Waals surface area (Å²) >= 11 is 0. The van der Waals surface area contributed by atoms with E-state index < -0.39 is 12.0 Å². The standard InChI is InChI=1S/C10H20N2O4/c1-7(4-3-5-13)11-6-9(10(15)16)12-8(2)14/h7,9,11,13H,3-6H2,1-2H3,(H,12,14)(H,15,16). The van der Waals surface area contributed by atoms with E-state index in [1.165, 1.54) is 6.92 Å². The van der Waals surface area contributed by atoms with Crippen LogP contribution >= 0.6 is 0 Å². The summed E-state index contributed by atoms with van der Waals surface area (Å²) in [7, 11) is 0. The van der Waals surface area contributed by atoms with Crippen LogP contribution in [0.2, 0.25) is 0 Å². The number of hydrogen-bond acceptors (Lipinski definition) is 4. The van der Waals surface area contributed by atoms with Crippen molar-refractivity contribution in [3.63, 3.8) is 0 Å². The SMILES string of the molecule is CC(=O)NC(CNC(C)CCCO)C(=O)O. The van der Waals surface area contributed by atoms with Gasteiger partial charge in [0.25, 0.3) is 0 Å². The average molecular weight is 232 g/mol. The molecule has 2 unspecified atom stereocenters. The molecule has 0 saturated carbocycles. The molecule has 0 radical (unpaired) electrons. The molecule has 6 nitrogen and oxygen atoms in total. The molecule has 0 spiro atoms. The van der Waals surface area contributed by atoms with Gasteiger partial charge in [-0.3, -0.25) is 4.79 Å². The Balaban J connectivity index is 3.92. The number of carboxylic acid groups (broad SMARTS) is 1. The molecular formula is C10H20N2O4. The fraction of sp³-hybridized carbons (Fsp3) is 0.800. The summed E-state index contributed by atoms with van der Waals surface area (Å²) in [5.74, 6) is -1.42. The third kappa shape index (κ3) is 7.19. The van der Waals surface area contributed by atoms with E-state index in [1.54, 1.807) is 0 Å². The van der Waals surface area contributed by atoms with Crippen molar-refractivity contribution in [3.05, 3.63) is 0 Å². The molecule has 4 N–H and O–H groups in total. The Morgan fingerprint density at radius 1 is 1.38 bits per heavy atom. The van der Waals surface area contributed by atoms with Crippen molar-refractivity contribution in [1.82, 2.24) is 10.6 Å². The van der Waals surface area contributed by atoms with Crippen molar-refractivity contribution in [1.29, 1.82) is 0 Å². The van der Waals surface area contributed by atoms with Crippen LogP contribution in [0.25, 0.3) is 0 Å². The van der Waals surface area contributed by atoms with Crippen molar-refractivity contribution in [2.45, 2.75) is 38.8 Å². The minimum atomic E-state index is -1.06. The van der Waals surface area contributed by atoms with Gasteiger partial charge in [-0.2, -0.15) is 0 Å². The molecule has 6 heteroatoms. The smallest absolute Gasteiger partial charge is 0.327 e. The molecule has 0 fully saturated rings. The van der Waals surface area contributed by atoms with Crippen molar-refractivity contribution in [3.8, 4) is 0 Å². The van der Waals surface area contributed by atoms with Gasteiger partial charge in [-0.05, 0) is 19.8 Å². The number of aliphatic hydroxyl groups is 1. The number of carboxylic acids is 1. The maximum Gasteiger partial charge on any atom is 0.327 e. The number of carbonyl (C=O) groups excluding carboxylic acids is 1. The summed E-state index contributed by atoms with van der Waals surface area (Å²) in [6.45, 7) is 3.50. The Bertz CT molecular complexity index is 233. The Morgan fingerprint density at radius 3 is 2.44 bits per heavy atom. The first-order chi connectivity index (χ1) is 7.47. The molecule has 0 aliphatic rings. The zero-order valence-corrected chi connectivity index (χ0v) is 9.69. The van der Waals surface area contributed by atoms with Crippen molar-refractivity contribution in [2.24, 2.45) is 0 Å². The van der Waals surface area contributed by atoms with Gasteiger partial charge in [-0.25, -0.2) is 4.79 Å². The summed E-state index contributed by atoms with van der Waals surface area (Å²) in [6.07, 6.45) is 1.44. The quantitative estimate of drug-likeness (QED) is 0.445. The summed E-state index contributed by atoms with van der Waals surface area (Å²) in [5.41, 5.74) is 0. The van der Waals surface area contributed by atoms with Crippen LogP contribution in [0, 0.1) is 0 Å². The fourth-order valence-electron chi connectivity index (χ4n) is 1.26. The molecule has 0 aliphatic carbocycles. The number of hydrogen-bond donors (Lipinski definition) is 4. The molecule has 16 heavy (non-hydrogen) atoms. The number of amides is 1. The lowest BCUT2D eigenvalue weighted by atomic mass is 10.2. The van der Waals surface area contributed by atoms with E-state index in [4.69, 9.17) is 10.2 Å². The maximum absolute atomic E-state index is 10.8. The number of aliphatic carboxylic acids is 1. The van der Waals surface area contributed by atoms with Crippen LogP contribution < -0.4 is 10.6 Å². The highest BCUT2D eigenvalue weighted by Crippen LogP contribution is 1.95. The Morgan fingerprint density at radius 2 is 2.00 bits per heavy atom. The molecule has 0 aromatic carbocycles. The first kappa shape index (κ1) is 14.9. The van der Waals surface area contributed by atoms with Gasteiger partial charge in [0.15, 0.2) is 0 Å². The maximum atomic E-state index is 10.8. The topological polar surface area (TPSA) is 98.7 Å². The van der Waals surface area contributed by atoms with E-state index in [-0.39, 0.29) is 25.1 Å². The molecule has 2 atom stereocenters. The predicted octanol–water partition coefficient (Wildman–Crippen LogP) is -0.674. The second kappa shape index (κ2) is 8.06. The van der Waals surface area contributed by atoms with Gasteiger partial charge in [0.05, 0.1) is 0 Å². The molecule has 0 rings (SSSR count). The zero-order chi connectivity index (χ0) is 12.6. The minimum Gasteiger partial charge on any atom is -0.480 e. The number of aliphatic hydroxyl groups excluding tert-OH is 1. The van der Waals surface area contributed by atoms with Crippen LogP contribution in [0.3, 0.4) is 0 Å². The number of nitrogens with one attached hydrogen (secondary N) is 2. The second-order valence-electron chi connectivity index (χ2n) is 3.77. The lowest BCUT2D eigenvalue weighted by Crippen LogP contribution is -2.48. The van der Waals surface area contributed by atoms with Gasteiger partial charge >= 0.3 is 5.97 Å². The van der Waals surface area contributed by atoms with Gasteiger partial charge in [-0.1, -0.05) is 0 Å². The molecule has 0 heterocycles. The highest BCUT2D eigenvalue weighted by Gasteiger charge is 2.18. The largest absolute Gasteiger partial charge is 0.480 e. The van der Waals surface area contributed by atoms with E-state index in [2.05, 4.69) is 10.6 Å². The lowest BCUT2D eigenvalue weighted by Gasteiger charge is -2.18. The van der Waals surface area contributed by atoms with Gasteiger partial charge < -0.3 is 20.8 Å². The van der Waals surface area contributed by atoms with Crippen LogP contribution in [0.15, 0.2) is 0 Å². The summed E-state index contributed by atoms with van der Waals surface area (Å²) in [5, 5.41) is 22.8. The van der Waals surface area contributed by atoms with Crippen LogP contribution in [0.5, 0.6) is 0 Å². The molecule has 0 aromatic heterocycles. The third-order valence-electron chi connectivity index (χ3n) is 2.14.